The third-order valence-electron chi connectivity index (χ3n) is 3.96. The van der Waals surface area contributed by atoms with E-state index in [2.05, 4.69) is 27.3 Å². The number of hydrogen-bond donors (Lipinski definition) is 1. The smallest absolute Gasteiger partial charge is 0.162 e. The van der Waals surface area contributed by atoms with E-state index in [-0.39, 0.29) is 6.10 Å². The first-order valence-corrected chi connectivity index (χ1v) is 9.24. The Morgan fingerprint density at radius 2 is 1.91 bits per heavy atom. The van der Waals surface area contributed by atoms with Gasteiger partial charge in [-0.3, -0.25) is 0 Å². The van der Waals surface area contributed by atoms with Crippen molar-refractivity contribution in [3.8, 4) is 11.5 Å². The zero-order valence-corrected chi connectivity index (χ0v) is 15.5. The largest absolute Gasteiger partial charge is 0.490 e. The Balaban J connectivity index is 2.07. The molecule has 0 radical (unpaired) electrons. The van der Waals surface area contributed by atoms with E-state index in [1.807, 2.05) is 26.8 Å². The number of halogens is 1. The van der Waals surface area contributed by atoms with Crippen molar-refractivity contribution in [3.63, 3.8) is 0 Å². The summed E-state index contributed by atoms with van der Waals surface area (Å²) in [4.78, 5) is 0. The quantitative estimate of drug-likeness (QED) is 0.728. The zero-order chi connectivity index (χ0) is 15.9. The molecule has 1 N–H and O–H groups in total. The fourth-order valence-electron chi connectivity index (χ4n) is 2.89. The predicted octanol–water partition coefficient (Wildman–Crippen LogP) is 5.06. The van der Waals surface area contributed by atoms with Crippen molar-refractivity contribution in [1.82, 2.24) is 5.32 Å². The summed E-state index contributed by atoms with van der Waals surface area (Å²) >= 11 is 3.67. The summed E-state index contributed by atoms with van der Waals surface area (Å²) in [5.74, 6) is 1.64. The van der Waals surface area contributed by atoms with Gasteiger partial charge in [0.05, 0.1) is 12.7 Å². The minimum absolute atomic E-state index is 0.136. The van der Waals surface area contributed by atoms with E-state index in [9.17, 15) is 0 Å². The molecule has 0 amide bonds. The van der Waals surface area contributed by atoms with Gasteiger partial charge in [-0.15, -0.1) is 0 Å². The lowest BCUT2D eigenvalue weighted by Crippen LogP contribution is -2.30. The SMILES string of the molecule is CCOc1cc(CNC2CCCCC2)c(Br)cc1OC(C)C. The zero-order valence-electron chi connectivity index (χ0n) is 14.0. The van der Waals surface area contributed by atoms with Crippen LogP contribution in [-0.4, -0.2) is 18.8 Å². The normalized spacial score (nSPS) is 16.0. The van der Waals surface area contributed by atoms with Gasteiger partial charge in [0.25, 0.3) is 0 Å². The first-order chi connectivity index (χ1) is 10.6. The van der Waals surface area contributed by atoms with E-state index in [1.54, 1.807) is 0 Å². The molecule has 0 saturated heterocycles. The topological polar surface area (TPSA) is 30.5 Å². The summed E-state index contributed by atoms with van der Waals surface area (Å²) in [5, 5.41) is 3.68. The fourth-order valence-corrected chi connectivity index (χ4v) is 3.35. The molecule has 0 aliphatic heterocycles. The van der Waals surface area contributed by atoms with Gasteiger partial charge in [0, 0.05) is 17.1 Å². The van der Waals surface area contributed by atoms with Crippen LogP contribution in [0.4, 0.5) is 0 Å². The van der Waals surface area contributed by atoms with Crippen LogP contribution in [-0.2, 0) is 6.54 Å². The van der Waals surface area contributed by atoms with E-state index in [4.69, 9.17) is 9.47 Å². The molecule has 22 heavy (non-hydrogen) atoms. The second kappa shape index (κ2) is 8.78. The van der Waals surface area contributed by atoms with Gasteiger partial charge in [-0.05, 0) is 51.3 Å². The lowest BCUT2D eigenvalue weighted by atomic mass is 9.95. The van der Waals surface area contributed by atoms with Crippen LogP contribution in [0.5, 0.6) is 11.5 Å². The Kier molecular flexibility index (Phi) is 7.03. The number of hydrogen-bond acceptors (Lipinski definition) is 3. The second-order valence-corrected chi connectivity index (χ2v) is 7.06. The fraction of sp³-hybridized carbons (Fsp3) is 0.667. The van der Waals surface area contributed by atoms with Crippen LogP contribution in [0.3, 0.4) is 0 Å². The van der Waals surface area contributed by atoms with Crippen molar-refractivity contribution in [2.75, 3.05) is 6.61 Å². The van der Waals surface area contributed by atoms with Gasteiger partial charge in [0.15, 0.2) is 11.5 Å². The van der Waals surface area contributed by atoms with Crippen molar-refractivity contribution < 1.29 is 9.47 Å². The highest BCUT2D eigenvalue weighted by Crippen LogP contribution is 2.34. The van der Waals surface area contributed by atoms with Crippen LogP contribution in [0.15, 0.2) is 16.6 Å². The average Bonchev–Trinajstić information content (AvgIpc) is 2.49. The molecule has 2 rings (SSSR count). The average molecular weight is 370 g/mol. The number of rotatable bonds is 7. The molecule has 0 bridgehead atoms. The second-order valence-electron chi connectivity index (χ2n) is 6.21. The molecule has 1 saturated carbocycles. The monoisotopic (exact) mass is 369 g/mol. The van der Waals surface area contributed by atoms with Gasteiger partial charge in [-0.25, -0.2) is 0 Å². The molecule has 124 valence electrons. The Hall–Kier alpha value is -0.740. The highest BCUT2D eigenvalue weighted by Gasteiger charge is 2.15. The van der Waals surface area contributed by atoms with E-state index in [0.29, 0.717) is 12.6 Å². The molecule has 4 heteroatoms. The standard InChI is InChI=1S/C18H28BrNO2/c1-4-21-17-10-14(12-20-15-8-6-5-7-9-15)16(19)11-18(17)22-13(2)3/h10-11,13,15,20H,4-9,12H2,1-3H3. The predicted molar refractivity (Wildman–Crippen MR) is 94.8 cm³/mol. The van der Waals surface area contributed by atoms with Crippen molar-refractivity contribution in [1.29, 1.82) is 0 Å². The summed E-state index contributed by atoms with van der Waals surface area (Å²) in [6.45, 7) is 7.57. The molecule has 0 unspecified atom stereocenters. The minimum Gasteiger partial charge on any atom is -0.490 e. The molecular weight excluding hydrogens is 342 g/mol. The number of ether oxygens (including phenoxy) is 2. The molecule has 0 spiro atoms. The van der Waals surface area contributed by atoms with Gasteiger partial charge in [-0.1, -0.05) is 35.2 Å². The molecular formula is C18H28BrNO2. The molecule has 1 aliphatic carbocycles. The van der Waals surface area contributed by atoms with Gasteiger partial charge in [0.1, 0.15) is 0 Å². The first-order valence-electron chi connectivity index (χ1n) is 8.45. The number of nitrogens with one attached hydrogen (secondary N) is 1. The van der Waals surface area contributed by atoms with E-state index in [0.717, 1.165) is 22.5 Å². The molecule has 0 aromatic heterocycles. The molecule has 1 aliphatic rings. The molecule has 3 nitrogen and oxygen atoms in total. The van der Waals surface area contributed by atoms with Gasteiger partial charge in [-0.2, -0.15) is 0 Å². The Labute approximate surface area is 142 Å². The summed E-state index contributed by atoms with van der Waals surface area (Å²) in [7, 11) is 0. The van der Waals surface area contributed by atoms with E-state index >= 15 is 0 Å². The van der Waals surface area contributed by atoms with Crippen molar-refractivity contribution >= 4 is 15.9 Å². The molecule has 0 heterocycles. The summed E-state index contributed by atoms with van der Waals surface area (Å²) in [5.41, 5.74) is 1.23. The summed E-state index contributed by atoms with van der Waals surface area (Å²) < 4.78 is 12.7. The summed E-state index contributed by atoms with van der Waals surface area (Å²) in [6, 6.07) is 4.78. The maximum absolute atomic E-state index is 5.85. The Morgan fingerprint density at radius 3 is 2.55 bits per heavy atom. The van der Waals surface area contributed by atoms with E-state index in [1.165, 1.54) is 37.7 Å². The Bertz CT molecular complexity index is 470. The summed E-state index contributed by atoms with van der Waals surface area (Å²) in [6.07, 6.45) is 6.82. The van der Waals surface area contributed by atoms with Crippen LogP contribution >= 0.6 is 15.9 Å². The van der Waals surface area contributed by atoms with Crippen LogP contribution < -0.4 is 14.8 Å². The Morgan fingerprint density at radius 1 is 1.18 bits per heavy atom. The first kappa shape index (κ1) is 17.6. The molecule has 1 aromatic carbocycles. The van der Waals surface area contributed by atoms with E-state index < -0.39 is 0 Å². The van der Waals surface area contributed by atoms with Gasteiger partial charge >= 0.3 is 0 Å². The van der Waals surface area contributed by atoms with Crippen molar-refractivity contribution in [2.45, 2.75) is 71.6 Å². The van der Waals surface area contributed by atoms with Crippen LogP contribution in [0, 0.1) is 0 Å². The van der Waals surface area contributed by atoms with Crippen molar-refractivity contribution in [2.24, 2.45) is 0 Å². The van der Waals surface area contributed by atoms with Gasteiger partial charge < -0.3 is 14.8 Å². The molecule has 0 atom stereocenters. The number of benzene rings is 1. The lowest BCUT2D eigenvalue weighted by molar-refractivity contribution is 0.223. The maximum Gasteiger partial charge on any atom is 0.162 e. The lowest BCUT2D eigenvalue weighted by Gasteiger charge is -2.23. The maximum atomic E-state index is 5.85. The molecule has 1 fully saturated rings. The third kappa shape index (κ3) is 5.17. The highest BCUT2D eigenvalue weighted by atomic mass is 79.9. The molecule has 1 aromatic rings. The third-order valence-corrected chi connectivity index (χ3v) is 4.70. The van der Waals surface area contributed by atoms with Crippen LogP contribution in [0.2, 0.25) is 0 Å². The van der Waals surface area contributed by atoms with Crippen LogP contribution in [0.25, 0.3) is 0 Å². The highest BCUT2D eigenvalue weighted by molar-refractivity contribution is 9.10. The van der Waals surface area contributed by atoms with Crippen LogP contribution in [0.1, 0.15) is 58.4 Å². The minimum atomic E-state index is 0.136. The van der Waals surface area contributed by atoms with Gasteiger partial charge in [0.2, 0.25) is 0 Å². The van der Waals surface area contributed by atoms with Crippen molar-refractivity contribution in [3.05, 3.63) is 22.2 Å².